The number of hydrogen-bond donors (Lipinski definition) is 3. The van der Waals surface area contributed by atoms with E-state index in [-0.39, 0.29) is 42.3 Å². The van der Waals surface area contributed by atoms with Gasteiger partial charge in [0.15, 0.2) is 5.78 Å². The van der Waals surface area contributed by atoms with Gasteiger partial charge in [0, 0.05) is 35.4 Å². The number of hydrogen-bond acceptors (Lipinski definition) is 5. The van der Waals surface area contributed by atoms with Gasteiger partial charge in [-0.05, 0) is 79.6 Å². The topological polar surface area (TPSA) is 132 Å². The van der Waals surface area contributed by atoms with Gasteiger partial charge >= 0.3 is 0 Å². The predicted octanol–water partition coefficient (Wildman–Crippen LogP) is 6.38. The Hall–Kier alpha value is -6.03. The van der Waals surface area contributed by atoms with Gasteiger partial charge in [0.05, 0.1) is 24.1 Å². The maximum atomic E-state index is 13.5. The van der Waals surface area contributed by atoms with Gasteiger partial charge in [0.1, 0.15) is 12.1 Å². The van der Waals surface area contributed by atoms with E-state index in [4.69, 9.17) is 0 Å². The summed E-state index contributed by atoms with van der Waals surface area (Å²) in [6.45, 7) is 2.59. The molecule has 2 aliphatic rings. The van der Waals surface area contributed by atoms with E-state index >= 15 is 0 Å². The van der Waals surface area contributed by atoms with Crippen LogP contribution >= 0.6 is 0 Å². The molecule has 2 fully saturated rings. The van der Waals surface area contributed by atoms with Gasteiger partial charge in [-0.25, -0.2) is 0 Å². The van der Waals surface area contributed by atoms with Crippen molar-refractivity contribution in [1.82, 2.24) is 14.8 Å². The summed E-state index contributed by atoms with van der Waals surface area (Å²) in [5.41, 5.74) is 5.56. The maximum Gasteiger partial charge on any atom is 0.247 e. The Morgan fingerprint density at radius 1 is 0.654 bits per heavy atom. The molecule has 0 bridgehead atoms. The molecular formula is C42H41N5O5. The number of nitrogens with one attached hydrogen (secondary N) is 3. The second kappa shape index (κ2) is 15.1. The van der Waals surface area contributed by atoms with Crippen LogP contribution in [-0.4, -0.2) is 69.4 Å². The molecule has 0 saturated carbocycles. The molecule has 264 valence electrons. The van der Waals surface area contributed by atoms with Crippen LogP contribution in [0, 0.1) is 0 Å². The fourth-order valence-corrected chi connectivity index (χ4v) is 7.44. The zero-order valence-corrected chi connectivity index (χ0v) is 29.1. The van der Waals surface area contributed by atoms with E-state index in [1.54, 1.807) is 34.1 Å². The first-order chi connectivity index (χ1) is 25.2. The highest BCUT2D eigenvalue weighted by atomic mass is 16.2. The molecule has 2 atom stereocenters. The molecule has 52 heavy (non-hydrogen) atoms. The molecule has 0 radical (unpaired) electrons. The van der Waals surface area contributed by atoms with Crippen molar-refractivity contribution in [2.24, 2.45) is 0 Å². The Balaban J connectivity index is 1.03. The summed E-state index contributed by atoms with van der Waals surface area (Å²) >= 11 is 0. The highest BCUT2D eigenvalue weighted by Gasteiger charge is 2.35. The summed E-state index contributed by atoms with van der Waals surface area (Å²) in [7, 11) is 0. The summed E-state index contributed by atoms with van der Waals surface area (Å²) < 4.78 is 0. The molecule has 2 saturated heterocycles. The minimum Gasteiger partial charge on any atom is -0.354 e. The van der Waals surface area contributed by atoms with Gasteiger partial charge < -0.3 is 25.4 Å². The summed E-state index contributed by atoms with van der Waals surface area (Å²) in [5.74, 6) is -0.757. The largest absolute Gasteiger partial charge is 0.354 e. The molecule has 10 nitrogen and oxygen atoms in total. The lowest BCUT2D eigenvalue weighted by Gasteiger charge is -2.24. The molecule has 0 aliphatic carbocycles. The Morgan fingerprint density at radius 2 is 1.15 bits per heavy atom. The number of H-pyrrole nitrogens is 1. The third-order valence-corrected chi connectivity index (χ3v) is 10.0. The Labute approximate surface area is 302 Å². The molecule has 3 heterocycles. The average molecular weight is 696 g/mol. The number of ketones is 1. The van der Waals surface area contributed by atoms with E-state index in [1.807, 2.05) is 78.9 Å². The lowest BCUT2D eigenvalue weighted by atomic mass is 10.0. The van der Waals surface area contributed by atoms with Crippen molar-refractivity contribution in [3.63, 3.8) is 0 Å². The van der Waals surface area contributed by atoms with Gasteiger partial charge in [-0.15, -0.1) is 0 Å². The lowest BCUT2D eigenvalue weighted by Crippen LogP contribution is -2.43. The number of carbonyl (C=O) groups is 5. The van der Waals surface area contributed by atoms with Crippen LogP contribution in [0.5, 0.6) is 0 Å². The van der Waals surface area contributed by atoms with Crippen molar-refractivity contribution >= 4 is 51.7 Å². The zero-order valence-electron chi connectivity index (χ0n) is 29.1. The number of amides is 4. The number of aromatic nitrogens is 1. The number of nitrogens with zero attached hydrogens (tertiary/aromatic N) is 2. The van der Waals surface area contributed by atoms with Crippen LogP contribution < -0.4 is 10.6 Å². The number of carbonyl (C=O) groups excluding carboxylic acids is 5. The van der Waals surface area contributed by atoms with E-state index in [9.17, 15) is 24.0 Å². The number of aromatic amines is 1. The number of benzene rings is 4. The molecule has 0 unspecified atom stereocenters. The van der Waals surface area contributed by atoms with E-state index in [1.165, 1.54) is 6.92 Å². The first-order valence-electron chi connectivity index (χ1n) is 17.8. The predicted molar refractivity (Wildman–Crippen MR) is 201 cm³/mol. The van der Waals surface area contributed by atoms with Crippen LogP contribution in [0.2, 0.25) is 0 Å². The minimum atomic E-state index is -0.563. The van der Waals surface area contributed by atoms with E-state index in [0.717, 1.165) is 35.0 Å². The van der Waals surface area contributed by atoms with Crippen molar-refractivity contribution in [2.75, 3.05) is 23.7 Å². The molecule has 2 aliphatic heterocycles. The number of rotatable bonds is 10. The fraction of sp³-hybridized carbons (Fsp3) is 0.262. The van der Waals surface area contributed by atoms with E-state index < -0.39 is 12.1 Å². The minimum absolute atomic E-state index is 0.0630. The van der Waals surface area contributed by atoms with Crippen LogP contribution in [0.1, 0.15) is 54.1 Å². The molecule has 10 heteroatoms. The zero-order chi connectivity index (χ0) is 36.2. The first kappa shape index (κ1) is 34.4. The Bertz CT molecular complexity index is 2130. The third-order valence-electron chi connectivity index (χ3n) is 10.0. The monoisotopic (exact) mass is 695 g/mol. The molecule has 1 aromatic heterocycles. The van der Waals surface area contributed by atoms with Gasteiger partial charge in [-0.1, -0.05) is 72.8 Å². The number of fused-ring (bicyclic) bond motifs is 1. The smallest absolute Gasteiger partial charge is 0.247 e. The van der Waals surface area contributed by atoms with Crippen LogP contribution in [-0.2, 0) is 32.0 Å². The van der Waals surface area contributed by atoms with Crippen molar-refractivity contribution in [1.29, 1.82) is 0 Å². The molecule has 5 aromatic rings. The highest BCUT2D eigenvalue weighted by molar-refractivity contribution is 6.13. The van der Waals surface area contributed by atoms with Gasteiger partial charge in [0.2, 0.25) is 23.6 Å². The second-order valence-corrected chi connectivity index (χ2v) is 13.6. The van der Waals surface area contributed by atoms with Gasteiger partial charge in [-0.2, -0.15) is 0 Å². The van der Waals surface area contributed by atoms with Crippen molar-refractivity contribution in [3.8, 4) is 11.3 Å². The van der Waals surface area contributed by atoms with Crippen molar-refractivity contribution < 1.29 is 24.0 Å². The molecule has 0 spiro atoms. The lowest BCUT2D eigenvalue weighted by molar-refractivity contribution is -0.136. The Kier molecular flexibility index (Phi) is 9.97. The van der Waals surface area contributed by atoms with E-state index in [0.29, 0.717) is 53.9 Å². The van der Waals surface area contributed by atoms with Crippen LogP contribution in [0.3, 0.4) is 0 Å². The van der Waals surface area contributed by atoms with Crippen LogP contribution in [0.25, 0.3) is 22.2 Å². The van der Waals surface area contributed by atoms with Gasteiger partial charge in [-0.3, -0.25) is 24.0 Å². The van der Waals surface area contributed by atoms with Gasteiger partial charge in [0.25, 0.3) is 0 Å². The number of Topliss-reactive ketones (excluding diaryl/α,β-unsaturated/α-hetero) is 1. The Morgan fingerprint density at radius 3 is 1.67 bits per heavy atom. The second-order valence-electron chi connectivity index (χ2n) is 13.6. The molecule has 4 aromatic carbocycles. The first-order valence-corrected chi connectivity index (χ1v) is 17.8. The van der Waals surface area contributed by atoms with E-state index in [2.05, 4.69) is 15.6 Å². The average Bonchev–Trinajstić information content (AvgIpc) is 3.92. The van der Waals surface area contributed by atoms with Crippen LogP contribution in [0.4, 0.5) is 11.4 Å². The summed E-state index contributed by atoms with van der Waals surface area (Å²) in [6.07, 6.45) is 3.21. The van der Waals surface area contributed by atoms with Crippen molar-refractivity contribution in [2.45, 2.75) is 57.5 Å². The summed E-state index contributed by atoms with van der Waals surface area (Å²) in [6, 6.07) is 30.6. The molecular weight excluding hydrogens is 654 g/mol. The summed E-state index contributed by atoms with van der Waals surface area (Å²) in [5, 5.41) is 6.63. The standard InChI is InChI=1S/C42H41N5O5/c1-27(48)39-33-26-32(44-42(52)36-15-9-23-47(36)38(50)25-29-12-6-3-7-13-29)20-21-34(33)45-40(39)30-16-18-31(19-17-30)43-41(51)35-14-8-22-46(35)37(49)24-28-10-4-2-5-11-28/h2-7,10-13,16-21,26,35-36,45H,8-9,14-15,22-25H2,1H3,(H,43,51)(H,44,52)/t35-,36-/m0/s1. The quantitative estimate of drug-likeness (QED) is 0.146. The third kappa shape index (κ3) is 7.37. The molecule has 3 N–H and O–H groups in total. The fourth-order valence-electron chi connectivity index (χ4n) is 7.44. The number of anilines is 2. The normalized spacial score (nSPS) is 16.9. The number of likely N-dealkylation sites (tertiary alicyclic amines) is 2. The SMILES string of the molecule is CC(=O)c1c(-c2ccc(NC(=O)[C@@H]3CCCN3C(=O)Cc3ccccc3)cc2)[nH]c2ccc(NC(=O)[C@@H]3CCCN3C(=O)Cc3ccccc3)cc12. The summed E-state index contributed by atoms with van der Waals surface area (Å²) in [4.78, 5) is 72.7. The molecule has 7 rings (SSSR count). The van der Waals surface area contributed by atoms with Crippen LogP contribution in [0.15, 0.2) is 103 Å². The van der Waals surface area contributed by atoms with Crippen molar-refractivity contribution in [3.05, 3.63) is 120 Å². The molecule has 4 amide bonds. The maximum absolute atomic E-state index is 13.5. The highest BCUT2D eigenvalue weighted by Crippen LogP contribution is 2.34.